The van der Waals surface area contributed by atoms with E-state index in [4.69, 9.17) is 5.73 Å². The van der Waals surface area contributed by atoms with Gasteiger partial charge in [-0.3, -0.25) is 19.7 Å². The van der Waals surface area contributed by atoms with Crippen molar-refractivity contribution in [2.45, 2.75) is 57.8 Å². The molecule has 140 valence electrons. The minimum absolute atomic E-state index is 0.123. The third-order valence-corrected chi connectivity index (χ3v) is 5.17. The monoisotopic (exact) mass is 358 g/mol. The van der Waals surface area contributed by atoms with E-state index in [1.54, 1.807) is 4.90 Å². The number of benzene rings is 1. The summed E-state index contributed by atoms with van der Waals surface area (Å²) in [6, 6.07) is 5.22. The van der Waals surface area contributed by atoms with Crippen molar-refractivity contribution < 1.29 is 14.4 Å². The van der Waals surface area contributed by atoms with Gasteiger partial charge in [0.15, 0.2) is 0 Å². The lowest BCUT2D eigenvalue weighted by Gasteiger charge is -2.29. The van der Waals surface area contributed by atoms with Crippen LogP contribution in [0.3, 0.4) is 0 Å². The van der Waals surface area contributed by atoms with Crippen LogP contribution < -0.4 is 16.4 Å². The molecule has 1 atom stereocenters. The fourth-order valence-corrected chi connectivity index (χ4v) is 3.62. The van der Waals surface area contributed by atoms with Crippen molar-refractivity contribution in [2.75, 3.05) is 6.54 Å². The van der Waals surface area contributed by atoms with Gasteiger partial charge in [0.25, 0.3) is 5.91 Å². The third kappa shape index (κ3) is 3.64. The lowest BCUT2D eigenvalue weighted by Crippen LogP contribution is -2.52. The van der Waals surface area contributed by atoms with Crippen LogP contribution in [0.2, 0.25) is 0 Å². The summed E-state index contributed by atoms with van der Waals surface area (Å²) >= 11 is 0. The Kier molecular flexibility index (Phi) is 5.11. The van der Waals surface area contributed by atoms with Gasteiger partial charge in [0, 0.05) is 30.6 Å². The zero-order valence-corrected chi connectivity index (χ0v) is 15.3. The van der Waals surface area contributed by atoms with E-state index in [9.17, 15) is 14.4 Å². The zero-order valence-electron chi connectivity index (χ0n) is 15.3. The van der Waals surface area contributed by atoms with Gasteiger partial charge in [0.1, 0.15) is 6.04 Å². The second-order valence-electron chi connectivity index (χ2n) is 7.63. The second-order valence-corrected chi connectivity index (χ2v) is 7.63. The number of hydrogen-bond donors (Lipinski definition) is 3. The molecule has 26 heavy (non-hydrogen) atoms. The third-order valence-electron chi connectivity index (χ3n) is 5.17. The summed E-state index contributed by atoms with van der Waals surface area (Å²) in [6.45, 7) is 5.72. The molecular weight excluding hydrogens is 332 g/mol. The first-order valence-corrected chi connectivity index (χ1v) is 9.03. The maximum Gasteiger partial charge on any atom is 0.255 e. The normalized spacial score (nSPS) is 20.3. The van der Waals surface area contributed by atoms with Gasteiger partial charge >= 0.3 is 0 Å². The lowest BCUT2D eigenvalue weighted by atomic mass is 9.98. The standard InChI is InChI=1S/C19H26N4O3/c1-19(2,8-9-20)21-10-12-4-3-5-13-11-23(18(26)16(12)13)14-6-7-15(24)22-17(14)25/h3-5,14,21H,6-11,20H2,1-2H3,(H,22,24,25). The van der Waals surface area contributed by atoms with Gasteiger partial charge in [0.2, 0.25) is 11.8 Å². The highest BCUT2D eigenvalue weighted by Gasteiger charge is 2.39. The predicted octanol–water partition coefficient (Wildman–Crippen LogP) is 0.665. The van der Waals surface area contributed by atoms with Gasteiger partial charge in [-0.25, -0.2) is 0 Å². The maximum absolute atomic E-state index is 13.0. The van der Waals surface area contributed by atoms with Crippen molar-refractivity contribution in [3.8, 4) is 0 Å². The number of rotatable bonds is 6. The summed E-state index contributed by atoms with van der Waals surface area (Å²) in [5.41, 5.74) is 8.06. The zero-order chi connectivity index (χ0) is 18.9. The first kappa shape index (κ1) is 18.5. The molecule has 3 amide bonds. The molecule has 2 aliphatic heterocycles. The van der Waals surface area contributed by atoms with E-state index in [0.717, 1.165) is 17.5 Å². The summed E-state index contributed by atoms with van der Waals surface area (Å²) in [4.78, 5) is 38.1. The molecule has 7 nitrogen and oxygen atoms in total. The van der Waals surface area contributed by atoms with Crippen LogP contribution in [0.1, 0.15) is 54.6 Å². The molecule has 0 spiro atoms. The number of nitrogens with two attached hydrogens (primary N) is 1. The Hall–Kier alpha value is -2.25. The molecule has 1 aromatic rings. The molecule has 1 aromatic carbocycles. The van der Waals surface area contributed by atoms with Crippen LogP contribution >= 0.6 is 0 Å². The number of carbonyl (C=O) groups excluding carboxylic acids is 3. The van der Waals surface area contributed by atoms with E-state index in [1.807, 2.05) is 18.2 Å². The molecule has 0 saturated carbocycles. The minimum atomic E-state index is -0.581. The largest absolute Gasteiger partial charge is 0.330 e. The number of piperidine rings is 1. The number of fused-ring (bicyclic) bond motifs is 1. The Bertz CT molecular complexity index is 744. The number of carbonyl (C=O) groups is 3. The first-order chi connectivity index (χ1) is 12.3. The fraction of sp³-hybridized carbons (Fsp3) is 0.526. The van der Waals surface area contributed by atoms with Crippen molar-refractivity contribution in [3.05, 3.63) is 34.9 Å². The van der Waals surface area contributed by atoms with Crippen molar-refractivity contribution in [3.63, 3.8) is 0 Å². The van der Waals surface area contributed by atoms with E-state index in [-0.39, 0.29) is 29.7 Å². The highest BCUT2D eigenvalue weighted by molar-refractivity contribution is 6.05. The van der Waals surface area contributed by atoms with Gasteiger partial charge in [-0.05, 0) is 44.4 Å². The molecule has 0 radical (unpaired) electrons. The molecule has 1 saturated heterocycles. The minimum Gasteiger partial charge on any atom is -0.330 e. The van der Waals surface area contributed by atoms with Crippen LogP contribution in [0.25, 0.3) is 0 Å². The molecule has 0 bridgehead atoms. The summed E-state index contributed by atoms with van der Waals surface area (Å²) in [6.07, 6.45) is 1.47. The van der Waals surface area contributed by atoms with Gasteiger partial charge in [-0.1, -0.05) is 18.2 Å². The Labute approximate surface area is 153 Å². The SMILES string of the molecule is CC(C)(CCN)NCc1cccc2c1C(=O)N(C1CCC(=O)NC1=O)C2. The number of nitrogens with zero attached hydrogens (tertiary/aromatic N) is 1. The van der Waals surface area contributed by atoms with E-state index < -0.39 is 6.04 Å². The lowest BCUT2D eigenvalue weighted by molar-refractivity contribution is -0.136. The van der Waals surface area contributed by atoms with E-state index >= 15 is 0 Å². The predicted molar refractivity (Wildman–Crippen MR) is 97.1 cm³/mol. The molecular formula is C19H26N4O3. The molecule has 3 rings (SSSR count). The Balaban J connectivity index is 1.78. The molecule has 2 aliphatic rings. The van der Waals surface area contributed by atoms with Gasteiger partial charge < -0.3 is 16.0 Å². The Morgan fingerprint density at radius 3 is 2.77 bits per heavy atom. The molecule has 2 heterocycles. The Morgan fingerprint density at radius 2 is 2.08 bits per heavy atom. The van der Waals surface area contributed by atoms with Crippen LogP contribution in [0.15, 0.2) is 18.2 Å². The van der Waals surface area contributed by atoms with E-state index in [1.165, 1.54) is 0 Å². The van der Waals surface area contributed by atoms with Crippen molar-refractivity contribution in [2.24, 2.45) is 5.73 Å². The molecule has 7 heteroatoms. The summed E-state index contributed by atoms with van der Waals surface area (Å²) in [5, 5.41) is 5.79. The molecule has 0 aliphatic carbocycles. The average molecular weight is 358 g/mol. The van der Waals surface area contributed by atoms with Crippen molar-refractivity contribution in [1.82, 2.24) is 15.5 Å². The van der Waals surface area contributed by atoms with Gasteiger partial charge in [-0.2, -0.15) is 0 Å². The topological polar surface area (TPSA) is 105 Å². The summed E-state index contributed by atoms with van der Waals surface area (Å²) in [7, 11) is 0. The van der Waals surface area contributed by atoms with Crippen LogP contribution in [0.4, 0.5) is 0 Å². The molecule has 0 aromatic heterocycles. The Morgan fingerprint density at radius 1 is 1.31 bits per heavy atom. The number of hydrogen-bond acceptors (Lipinski definition) is 5. The smallest absolute Gasteiger partial charge is 0.255 e. The van der Waals surface area contributed by atoms with Crippen LogP contribution in [0.5, 0.6) is 0 Å². The molecule has 4 N–H and O–H groups in total. The highest BCUT2D eigenvalue weighted by atomic mass is 16.2. The molecule has 1 unspecified atom stereocenters. The number of amides is 3. The number of nitrogens with one attached hydrogen (secondary N) is 2. The molecule has 1 fully saturated rings. The first-order valence-electron chi connectivity index (χ1n) is 9.03. The number of imide groups is 1. The summed E-state index contributed by atoms with van der Waals surface area (Å²) in [5.74, 6) is -0.794. The quantitative estimate of drug-likeness (QED) is 0.648. The average Bonchev–Trinajstić information content (AvgIpc) is 2.90. The van der Waals surface area contributed by atoms with Crippen LogP contribution in [0, 0.1) is 0 Å². The van der Waals surface area contributed by atoms with E-state index in [2.05, 4.69) is 24.5 Å². The van der Waals surface area contributed by atoms with Crippen molar-refractivity contribution >= 4 is 17.7 Å². The highest BCUT2D eigenvalue weighted by Crippen LogP contribution is 2.30. The second kappa shape index (κ2) is 7.17. The maximum atomic E-state index is 13.0. The summed E-state index contributed by atoms with van der Waals surface area (Å²) < 4.78 is 0. The van der Waals surface area contributed by atoms with Gasteiger partial charge in [0.05, 0.1) is 0 Å². The van der Waals surface area contributed by atoms with Gasteiger partial charge in [-0.15, -0.1) is 0 Å². The van der Waals surface area contributed by atoms with Crippen LogP contribution in [-0.4, -0.2) is 40.7 Å². The van der Waals surface area contributed by atoms with E-state index in [0.29, 0.717) is 31.6 Å². The van der Waals surface area contributed by atoms with Crippen molar-refractivity contribution in [1.29, 1.82) is 0 Å². The fourth-order valence-electron chi connectivity index (χ4n) is 3.62. The van der Waals surface area contributed by atoms with Crippen LogP contribution in [-0.2, 0) is 22.7 Å².